The van der Waals surface area contributed by atoms with Crippen molar-refractivity contribution in [3.05, 3.63) is 0 Å². The fraction of sp³-hybridized carbons (Fsp3) is 1.00. The Morgan fingerprint density at radius 1 is 0.714 bits per heavy atom. The van der Waals surface area contributed by atoms with Gasteiger partial charge in [0, 0.05) is 0 Å². The van der Waals surface area contributed by atoms with Gasteiger partial charge in [0.1, 0.15) is 0 Å². The summed E-state index contributed by atoms with van der Waals surface area (Å²) in [5.74, 6) is 0. The van der Waals surface area contributed by atoms with Crippen LogP contribution < -0.4 is 0 Å². The van der Waals surface area contributed by atoms with Crippen LogP contribution in [0.4, 0.5) is 0 Å². The predicted octanol–water partition coefficient (Wildman–Crippen LogP) is 1.77. The van der Waals surface area contributed by atoms with Crippen LogP contribution >= 0.6 is 0 Å². The van der Waals surface area contributed by atoms with E-state index in [1.165, 1.54) is 0 Å². The second-order valence-corrected chi connectivity index (χ2v) is 6.12. The first-order valence-electron chi connectivity index (χ1n) is 5.07. The summed E-state index contributed by atoms with van der Waals surface area (Å²) in [7, 11) is 0. The van der Waals surface area contributed by atoms with E-state index in [1.54, 1.807) is 0 Å². The molecule has 0 saturated carbocycles. The van der Waals surface area contributed by atoms with E-state index in [-0.39, 0.29) is 18.3 Å². The Bertz CT molecular complexity index is 131. The average Bonchev–Trinajstić information content (AvgIpc) is 1.76. The van der Waals surface area contributed by atoms with Gasteiger partial charge in [-0.2, -0.15) is 0 Å². The van der Waals surface area contributed by atoms with Crippen LogP contribution in [0.1, 0.15) is 41.5 Å². The van der Waals surface area contributed by atoms with Gasteiger partial charge in [-0.15, -0.1) is 0 Å². The van der Waals surface area contributed by atoms with E-state index >= 15 is 0 Å². The van der Waals surface area contributed by atoms with Gasteiger partial charge >= 0.3 is 101 Å². The molecule has 4 heteroatoms. The minimum atomic E-state index is -0.804. The van der Waals surface area contributed by atoms with Crippen LogP contribution in [0.15, 0.2) is 0 Å². The van der Waals surface area contributed by atoms with E-state index in [2.05, 4.69) is 0 Å². The summed E-state index contributed by atoms with van der Waals surface area (Å²) in [6.07, 6.45) is 0.341. The molecule has 0 atom stereocenters. The maximum atomic E-state index is 5.67. The standard InChI is InChI=1S/C10H21O3.Sn.H/c1-7(2)11-10(12-8(3)4)13-9(5)6;;/h7-9H,1-6H3;;. The van der Waals surface area contributed by atoms with E-state index in [0.29, 0.717) is 0 Å². The first kappa shape index (κ1) is 14.7. The molecule has 14 heavy (non-hydrogen) atoms. The van der Waals surface area contributed by atoms with Gasteiger partial charge in [0.2, 0.25) is 0 Å². The van der Waals surface area contributed by atoms with Crippen molar-refractivity contribution in [2.24, 2.45) is 0 Å². The third-order valence-electron chi connectivity index (χ3n) is 1.20. The molecule has 0 spiro atoms. The minimum absolute atomic E-state index is 0.114. The summed E-state index contributed by atoms with van der Waals surface area (Å²) < 4.78 is 16.2. The topological polar surface area (TPSA) is 27.7 Å². The molecule has 0 aromatic rings. The number of hydrogen-bond acceptors (Lipinski definition) is 3. The van der Waals surface area contributed by atoms with Crippen LogP contribution in [0.25, 0.3) is 0 Å². The molecule has 0 rings (SSSR count). The molecule has 0 aliphatic heterocycles. The summed E-state index contributed by atoms with van der Waals surface area (Å²) in [4.78, 5) is 0. The van der Waals surface area contributed by atoms with E-state index < -0.39 is 3.99 Å². The number of rotatable bonds is 6. The Morgan fingerprint density at radius 2 is 0.929 bits per heavy atom. The average molecular weight is 309 g/mol. The van der Waals surface area contributed by atoms with Gasteiger partial charge in [-0.05, 0) is 0 Å². The van der Waals surface area contributed by atoms with Crippen molar-refractivity contribution in [2.75, 3.05) is 0 Å². The van der Waals surface area contributed by atoms with Crippen LogP contribution in [-0.2, 0) is 14.2 Å². The summed E-state index contributed by atoms with van der Waals surface area (Å²) in [5, 5.41) is 0. The SMILES string of the molecule is CC(C)O[C]([SnH])(OC(C)C)OC(C)C. The molecule has 2 radical (unpaired) electrons. The monoisotopic (exact) mass is 310 g/mol. The third kappa shape index (κ3) is 7.03. The maximum absolute atomic E-state index is 5.67. The van der Waals surface area contributed by atoms with Gasteiger partial charge in [-0.1, -0.05) is 0 Å². The zero-order valence-electron chi connectivity index (χ0n) is 10.0. The molecular weight excluding hydrogens is 287 g/mol. The molecule has 0 bridgehead atoms. The zero-order valence-corrected chi connectivity index (χ0v) is 13.3. The molecule has 0 aliphatic rings. The van der Waals surface area contributed by atoms with Crippen molar-refractivity contribution >= 4 is 22.5 Å². The van der Waals surface area contributed by atoms with E-state index in [4.69, 9.17) is 14.2 Å². The van der Waals surface area contributed by atoms with Gasteiger partial charge in [-0.25, -0.2) is 0 Å². The Labute approximate surface area is 101 Å². The van der Waals surface area contributed by atoms with Crippen molar-refractivity contribution in [2.45, 2.75) is 63.8 Å². The Kier molecular flexibility index (Phi) is 6.61. The first-order valence-corrected chi connectivity index (χ1v) is 6.72. The summed E-state index contributed by atoms with van der Waals surface area (Å²) in [5.41, 5.74) is 0. The van der Waals surface area contributed by atoms with Crippen molar-refractivity contribution in [1.29, 1.82) is 0 Å². The predicted molar refractivity (Wildman–Crippen MR) is 58.5 cm³/mol. The van der Waals surface area contributed by atoms with Crippen molar-refractivity contribution in [3.8, 4) is 0 Å². The molecule has 0 amide bonds. The van der Waals surface area contributed by atoms with Gasteiger partial charge in [0.15, 0.2) is 0 Å². The van der Waals surface area contributed by atoms with E-state index in [9.17, 15) is 0 Å². The van der Waals surface area contributed by atoms with Crippen LogP contribution in [0.5, 0.6) is 0 Å². The van der Waals surface area contributed by atoms with Gasteiger partial charge in [0.25, 0.3) is 0 Å². The number of ether oxygens (including phenoxy) is 3. The molecule has 3 nitrogen and oxygen atoms in total. The molecule has 0 aliphatic carbocycles. The fourth-order valence-electron chi connectivity index (χ4n) is 1.07. The molecular formula is C10H22O3Sn. The molecule has 84 valence electrons. The third-order valence-corrected chi connectivity index (χ3v) is 2.37. The quantitative estimate of drug-likeness (QED) is 0.553. The van der Waals surface area contributed by atoms with Gasteiger partial charge in [0.05, 0.1) is 0 Å². The summed E-state index contributed by atoms with van der Waals surface area (Å²) in [6, 6.07) is 0. The molecule has 0 heterocycles. The van der Waals surface area contributed by atoms with Crippen LogP contribution in [0.3, 0.4) is 0 Å². The Morgan fingerprint density at radius 3 is 1.07 bits per heavy atom. The van der Waals surface area contributed by atoms with Crippen molar-refractivity contribution in [1.82, 2.24) is 0 Å². The second-order valence-electron chi connectivity index (χ2n) is 4.10. The van der Waals surface area contributed by atoms with E-state index in [1.807, 2.05) is 41.5 Å². The first-order chi connectivity index (χ1) is 6.25. The second kappa shape index (κ2) is 6.30. The molecule has 0 saturated heterocycles. The molecule has 0 N–H and O–H groups in total. The Balaban J connectivity index is 4.32. The van der Waals surface area contributed by atoms with Crippen LogP contribution in [-0.4, -0.2) is 44.8 Å². The molecule has 0 aromatic carbocycles. The Hall–Kier alpha value is 0.679. The summed E-state index contributed by atoms with van der Waals surface area (Å²) >= 11 is 0.767. The molecule has 0 aromatic heterocycles. The van der Waals surface area contributed by atoms with E-state index in [0.717, 1.165) is 22.5 Å². The van der Waals surface area contributed by atoms with Crippen LogP contribution in [0, 0.1) is 0 Å². The fourth-order valence-corrected chi connectivity index (χ4v) is 3.40. The summed E-state index contributed by atoms with van der Waals surface area (Å²) in [6.45, 7) is 11.9. The van der Waals surface area contributed by atoms with Crippen LogP contribution in [0.2, 0.25) is 0 Å². The van der Waals surface area contributed by atoms with Crippen molar-refractivity contribution < 1.29 is 14.2 Å². The van der Waals surface area contributed by atoms with Gasteiger partial charge < -0.3 is 0 Å². The van der Waals surface area contributed by atoms with Gasteiger partial charge in [-0.3, -0.25) is 0 Å². The van der Waals surface area contributed by atoms with Crippen molar-refractivity contribution in [3.63, 3.8) is 0 Å². The number of hydrogen-bond donors (Lipinski definition) is 0. The molecule has 0 unspecified atom stereocenters. The zero-order chi connectivity index (χ0) is 11.4. The normalized spacial score (nSPS) is 13.3. The molecule has 0 fully saturated rings.